The molecule has 0 amide bonds. The highest BCUT2D eigenvalue weighted by Crippen LogP contribution is 2.15. The maximum Gasteiger partial charge on any atom is 0.168 e. The summed E-state index contributed by atoms with van der Waals surface area (Å²) in [5, 5.41) is 1.92. The van der Waals surface area contributed by atoms with Gasteiger partial charge in [-0.3, -0.25) is 9.78 Å². The summed E-state index contributed by atoms with van der Waals surface area (Å²) in [5.41, 5.74) is 1.83. The minimum atomic E-state index is 0.172. The van der Waals surface area contributed by atoms with Gasteiger partial charge >= 0.3 is 0 Å². The van der Waals surface area contributed by atoms with Gasteiger partial charge in [-0.1, -0.05) is 0 Å². The zero-order chi connectivity index (χ0) is 10.7. The number of aromatic nitrogens is 1. The molecule has 0 radical (unpaired) electrons. The first kappa shape index (κ1) is 10.1. The van der Waals surface area contributed by atoms with Crippen LogP contribution in [0.4, 0.5) is 0 Å². The Hall–Kier alpha value is -1.48. The quantitative estimate of drug-likeness (QED) is 0.740. The Morgan fingerprint density at radius 2 is 2.13 bits per heavy atom. The lowest BCUT2D eigenvalue weighted by atomic mass is 10.1. The molecule has 2 heterocycles. The first-order valence-electron chi connectivity index (χ1n) is 4.73. The van der Waals surface area contributed by atoms with Crippen molar-refractivity contribution in [1.82, 2.24) is 4.98 Å². The van der Waals surface area contributed by atoms with Gasteiger partial charge in [0.15, 0.2) is 5.78 Å². The summed E-state index contributed by atoms with van der Waals surface area (Å²) in [6, 6.07) is 5.68. The van der Waals surface area contributed by atoms with Gasteiger partial charge in [0, 0.05) is 34.6 Å². The molecule has 0 saturated carbocycles. The Morgan fingerprint density at radius 1 is 1.40 bits per heavy atom. The predicted molar refractivity (Wildman–Crippen MR) is 61.3 cm³/mol. The SMILES string of the molecule is Cc1cc(C(=O)Cc2ccncc2)cs1. The van der Waals surface area contributed by atoms with E-state index < -0.39 is 0 Å². The van der Waals surface area contributed by atoms with E-state index in [9.17, 15) is 4.79 Å². The Morgan fingerprint density at radius 3 is 2.73 bits per heavy atom. The fourth-order valence-electron chi connectivity index (χ4n) is 1.38. The maximum atomic E-state index is 11.8. The van der Waals surface area contributed by atoms with Crippen LogP contribution >= 0.6 is 11.3 Å². The molecule has 0 fully saturated rings. The molecule has 0 spiro atoms. The topological polar surface area (TPSA) is 30.0 Å². The van der Waals surface area contributed by atoms with Crippen molar-refractivity contribution in [2.24, 2.45) is 0 Å². The van der Waals surface area contributed by atoms with Gasteiger partial charge in [0.05, 0.1) is 0 Å². The summed E-state index contributed by atoms with van der Waals surface area (Å²) >= 11 is 1.61. The van der Waals surface area contributed by atoms with Crippen molar-refractivity contribution in [3.8, 4) is 0 Å². The van der Waals surface area contributed by atoms with E-state index >= 15 is 0 Å². The molecule has 0 aliphatic carbocycles. The summed E-state index contributed by atoms with van der Waals surface area (Å²) in [6.45, 7) is 2.01. The molecule has 0 unspecified atom stereocenters. The van der Waals surface area contributed by atoms with Crippen LogP contribution in [0.25, 0.3) is 0 Å². The molecule has 0 atom stereocenters. The highest BCUT2D eigenvalue weighted by atomic mass is 32.1. The number of hydrogen-bond acceptors (Lipinski definition) is 3. The number of carbonyl (C=O) groups is 1. The highest BCUT2D eigenvalue weighted by molar-refractivity contribution is 7.10. The van der Waals surface area contributed by atoms with Gasteiger partial charge < -0.3 is 0 Å². The zero-order valence-electron chi connectivity index (χ0n) is 8.43. The molecule has 3 heteroatoms. The number of nitrogens with zero attached hydrogens (tertiary/aromatic N) is 1. The molecule has 2 nitrogen and oxygen atoms in total. The second-order valence-corrected chi connectivity index (χ2v) is 4.52. The Bertz CT molecular complexity index is 461. The van der Waals surface area contributed by atoms with Crippen LogP contribution in [0.3, 0.4) is 0 Å². The molecule has 0 aliphatic rings. The molecular weight excluding hydrogens is 206 g/mol. The van der Waals surface area contributed by atoms with E-state index in [2.05, 4.69) is 4.98 Å². The zero-order valence-corrected chi connectivity index (χ0v) is 9.25. The van der Waals surface area contributed by atoms with E-state index in [1.807, 2.05) is 30.5 Å². The van der Waals surface area contributed by atoms with Crippen LogP contribution in [-0.4, -0.2) is 10.8 Å². The lowest BCUT2D eigenvalue weighted by Crippen LogP contribution is -2.01. The van der Waals surface area contributed by atoms with Crippen molar-refractivity contribution >= 4 is 17.1 Å². The number of rotatable bonds is 3. The van der Waals surface area contributed by atoms with Crippen LogP contribution in [-0.2, 0) is 6.42 Å². The van der Waals surface area contributed by atoms with Gasteiger partial charge in [0.1, 0.15) is 0 Å². The first-order valence-corrected chi connectivity index (χ1v) is 5.61. The standard InChI is InChI=1S/C12H11NOS/c1-9-6-11(8-15-9)12(14)7-10-2-4-13-5-3-10/h2-6,8H,7H2,1H3. The third-order valence-corrected chi connectivity index (χ3v) is 3.03. The molecule has 0 aliphatic heterocycles. The average Bonchev–Trinajstić information content (AvgIpc) is 2.66. The number of ketones is 1. The molecule has 76 valence electrons. The Balaban J connectivity index is 2.11. The Labute approximate surface area is 92.6 Å². The predicted octanol–water partition coefficient (Wildman–Crippen LogP) is 2.88. The summed E-state index contributed by atoms with van der Waals surface area (Å²) in [4.78, 5) is 16.9. The summed E-state index contributed by atoms with van der Waals surface area (Å²) in [5.74, 6) is 0.172. The molecule has 0 N–H and O–H groups in total. The van der Waals surface area contributed by atoms with Crippen molar-refractivity contribution < 1.29 is 4.79 Å². The van der Waals surface area contributed by atoms with Crippen LogP contribution in [0.2, 0.25) is 0 Å². The summed E-state index contributed by atoms with van der Waals surface area (Å²) in [6.07, 6.45) is 3.88. The number of thiophene rings is 1. The lowest BCUT2D eigenvalue weighted by Gasteiger charge is -1.97. The molecule has 2 aromatic heterocycles. The fraction of sp³-hybridized carbons (Fsp3) is 0.167. The van der Waals surface area contributed by atoms with E-state index in [0.717, 1.165) is 11.1 Å². The van der Waals surface area contributed by atoms with Gasteiger partial charge in [0.2, 0.25) is 0 Å². The van der Waals surface area contributed by atoms with Crippen LogP contribution in [0, 0.1) is 6.92 Å². The Kier molecular flexibility index (Phi) is 2.92. The van der Waals surface area contributed by atoms with Gasteiger partial charge in [-0.25, -0.2) is 0 Å². The van der Waals surface area contributed by atoms with Crippen LogP contribution in [0.15, 0.2) is 36.0 Å². The monoisotopic (exact) mass is 217 g/mol. The van der Waals surface area contributed by atoms with Crippen molar-refractivity contribution in [2.45, 2.75) is 13.3 Å². The smallest absolute Gasteiger partial charge is 0.168 e. The number of carbonyl (C=O) groups excluding carboxylic acids is 1. The molecule has 15 heavy (non-hydrogen) atoms. The first-order chi connectivity index (χ1) is 7.25. The van der Waals surface area contributed by atoms with Gasteiger partial charge in [0.25, 0.3) is 0 Å². The van der Waals surface area contributed by atoms with Crippen LogP contribution in [0.1, 0.15) is 20.8 Å². The normalized spacial score (nSPS) is 10.2. The summed E-state index contributed by atoms with van der Waals surface area (Å²) < 4.78 is 0. The molecule has 0 aromatic carbocycles. The molecular formula is C12H11NOS. The third kappa shape index (κ3) is 2.50. The third-order valence-electron chi connectivity index (χ3n) is 2.17. The second-order valence-electron chi connectivity index (χ2n) is 3.40. The van der Waals surface area contributed by atoms with Crippen molar-refractivity contribution in [3.05, 3.63) is 52.0 Å². The van der Waals surface area contributed by atoms with Crippen LogP contribution in [0.5, 0.6) is 0 Å². The minimum absolute atomic E-state index is 0.172. The van der Waals surface area contributed by atoms with E-state index in [1.54, 1.807) is 23.7 Å². The minimum Gasteiger partial charge on any atom is -0.294 e. The number of pyridine rings is 1. The van der Waals surface area contributed by atoms with Crippen molar-refractivity contribution in [3.63, 3.8) is 0 Å². The highest BCUT2D eigenvalue weighted by Gasteiger charge is 2.08. The second kappa shape index (κ2) is 4.36. The molecule has 2 aromatic rings. The largest absolute Gasteiger partial charge is 0.294 e. The summed E-state index contributed by atoms with van der Waals surface area (Å²) in [7, 11) is 0. The lowest BCUT2D eigenvalue weighted by molar-refractivity contribution is 0.0993. The van der Waals surface area contributed by atoms with Gasteiger partial charge in [-0.05, 0) is 30.7 Å². The van der Waals surface area contributed by atoms with Gasteiger partial charge in [-0.2, -0.15) is 0 Å². The van der Waals surface area contributed by atoms with Crippen molar-refractivity contribution in [2.75, 3.05) is 0 Å². The van der Waals surface area contributed by atoms with E-state index in [0.29, 0.717) is 6.42 Å². The van der Waals surface area contributed by atoms with E-state index in [-0.39, 0.29) is 5.78 Å². The number of hydrogen-bond donors (Lipinski definition) is 0. The fourth-order valence-corrected chi connectivity index (χ4v) is 2.09. The van der Waals surface area contributed by atoms with Gasteiger partial charge in [-0.15, -0.1) is 11.3 Å². The molecule has 2 rings (SSSR count). The molecule has 0 bridgehead atoms. The number of aryl methyl sites for hydroxylation is 1. The maximum absolute atomic E-state index is 11.8. The van der Waals surface area contributed by atoms with E-state index in [1.165, 1.54) is 4.88 Å². The van der Waals surface area contributed by atoms with Crippen molar-refractivity contribution in [1.29, 1.82) is 0 Å². The van der Waals surface area contributed by atoms with E-state index in [4.69, 9.17) is 0 Å². The number of Topliss-reactive ketones (excluding diaryl/α,β-unsaturated/α-hetero) is 1. The molecule has 0 saturated heterocycles. The average molecular weight is 217 g/mol. The van der Waals surface area contributed by atoms with Crippen LogP contribution < -0.4 is 0 Å².